The molecule has 0 spiro atoms. The van der Waals surface area contributed by atoms with Crippen LogP contribution in [-0.2, 0) is 0 Å². The van der Waals surface area contributed by atoms with E-state index in [0.29, 0.717) is 16.4 Å². The lowest BCUT2D eigenvalue weighted by Gasteiger charge is -2.13. The van der Waals surface area contributed by atoms with Gasteiger partial charge in [0.25, 0.3) is 17.4 Å². The molecule has 0 saturated heterocycles. The van der Waals surface area contributed by atoms with E-state index >= 15 is 0 Å². The van der Waals surface area contributed by atoms with Crippen LogP contribution in [0.3, 0.4) is 0 Å². The molecule has 130 valence electrons. The Morgan fingerprint density at radius 2 is 1.88 bits per heavy atom. The lowest BCUT2D eigenvalue weighted by atomic mass is 10.1. The number of anilines is 1. The van der Waals surface area contributed by atoms with Crippen molar-refractivity contribution < 1.29 is 9.59 Å². The van der Waals surface area contributed by atoms with Crippen LogP contribution in [0.1, 0.15) is 26.4 Å². The number of fused-ring (bicyclic) bond motifs is 1. The number of benzene rings is 1. The van der Waals surface area contributed by atoms with Gasteiger partial charge in [0, 0.05) is 12.3 Å². The molecule has 0 aliphatic carbocycles. The minimum absolute atomic E-state index is 0.0162. The van der Waals surface area contributed by atoms with Crippen LogP contribution in [0.15, 0.2) is 41.3 Å². The van der Waals surface area contributed by atoms with Gasteiger partial charge in [-0.05, 0) is 31.2 Å². The molecular weight excluding hydrogens is 358 g/mol. The molecule has 0 atom stereocenters. The molecule has 3 heterocycles. The fourth-order valence-electron chi connectivity index (χ4n) is 2.92. The van der Waals surface area contributed by atoms with Gasteiger partial charge in [0.2, 0.25) is 0 Å². The molecule has 0 saturated carbocycles. The van der Waals surface area contributed by atoms with E-state index in [9.17, 15) is 14.4 Å². The fourth-order valence-corrected chi connectivity index (χ4v) is 3.18. The summed E-state index contributed by atoms with van der Waals surface area (Å²) >= 11 is 6.35. The van der Waals surface area contributed by atoms with Crippen molar-refractivity contribution >= 4 is 29.2 Å². The van der Waals surface area contributed by atoms with Crippen LogP contribution in [0.5, 0.6) is 0 Å². The second-order valence-corrected chi connectivity index (χ2v) is 6.22. The van der Waals surface area contributed by atoms with Crippen molar-refractivity contribution in [3.05, 3.63) is 68.7 Å². The van der Waals surface area contributed by atoms with E-state index in [0.717, 1.165) is 16.3 Å². The third kappa shape index (κ3) is 2.31. The van der Waals surface area contributed by atoms with Gasteiger partial charge in [-0.15, -0.1) is 0 Å². The van der Waals surface area contributed by atoms with Crippen LogP contribution < -0.4 is 16.6 Å². The van der Waals surface area contributed by atoms with Crippen molar-refractivity contribution in [3.8, 4) is 11.4 Å². The molecule has 9 heteroatoms. The van der Waals surface area contributed by atoms with Gasteiger partial charge in [-0.3, -0.25) is 24.3 Å². The quantitative estimate of drug-likeness (QED) is 0.664. The van der Waals surface area contributed by atoms with Gasteiger partial charge < -0.3 is 5.73 Å². The van der Waals surface area contributed by atoms with Crippen LogP contribution >= 0.6 is 11.6 Å². The second-order valence-electron chi connectivity index (χ2n) is 5.81. The minimum Gasteiger partial charge on any atom is -0.384 e. The molecular formula is C17H12ClN5O3. The van der Waals surface area contributed by atoms with E-state index in [4.69, 9.17) is 17.3 Å². The van der Waals surface area contributed by atoms with Gasteiger partial charge in [-0.1, -0.05) is 11.6 Å². The Kier molecular flexibility index (Phi) is 3.45. The Bertz CT molecular complexity index is 1160. The van der Waals surface area contributed by atoms with Gasteiger partial charge >= 0.3 is 0 Å². The first kappa shape index (κ1) is 16.1. The number of nitrogens with two attached hydrogens (primary N) is 1. The van der Waals surface area contributed by atoms with E-state index in [-0.39, 0.29) is 16.9 Å². The maximum Gasteiger partial charge on any atom is 0.262 e. The Hall–Kier alpha value is -3.39. The van der Waals surface area contributed by atoms with Gasteiger partial charge in [0.1, 0.15) is 5.82 Å². The number of nitrogens with one attached hydrogen (secondary N) is 1. The van der Waals surface area contributed by atoms with Gasteiger partial charge in [0.05, 0.1) is 33.2 Å². The van der Waals surface area contributed by atoms with E-state index in [2.05, 4.69) is 10.4 Å². The summed E-state index contributed by atoms with van der Waals surface area (Å²) in [6.07, 6.45) is 1.77. The molecule has 1 aliphatic rings. The van der Waals surface area contributed by atoms with E-state index in [1.807, 2.05) is 13.0 Å². The molecule has 3 N–H and O–H groups in total. The number of hydrogen-bond donors (Lipinski definition) is 2. The van der Waals surface area contributed by atoms with E-state index in [1.165, 1.54) is 0 Å². The molecule has 1 aromatic carbocycles. The third-order valence-electron chi connectivity index (χ3n) is 4.11. The number of nitrogen functional groups attached to an aromatic ring is 1. The fraction of sp³-hybridized carbons (Fsp3) is 0.0588. The number of nitrogens with zero attached hydrogens (tertiary/aromatic N) is 3. The number of aromatic nitrogens is 3. The smallest absolute Gasteiger partial charge is 0.262 e. The number of hydrogen-bond acceptors (Lipinski definition) is 5. The SMILES string of the molecule is Cc1ccn(-c2ccc(-n3c(N)c4c(cc3=O)C(=O)NC4=O)cc2Cl)n1. The molecule has 3 aromatic rings. The Morgan fingerprint density at radius 3 is 2.54 bits per heavy atom. The van der Waals surface area contributed by atoms with Gasteiger partial charge in [0.15, 0.2) is 0 Å². The topological polar surface area (TPSA) is 112 Å². The number of aryl methyl sites for hydroxylation is 1. The zero-order valence-electron chi connectivity index (χ0n) is 13.5. The highest BCUT2D eigenvalue weighted by Gasteiger charge is 2.31. The average molecular weight is 370 g/mol. The second kappa shape index (κ2) is 5.57. The summed E-state index contributed by atoms with van der Waals surface area (Å²) in [4.78, 5) is 36.1. The molecule has 2 aromatic heterocycles. The Balaban J connectivity index is 1.88. The largest absolute Gasteiger partial charge is 0.384 e. The molecule has 4 rings (SSSR count). The van der Waals surface area contributed by atoms with E-state index < -0.39 is 17.4 Å². The lowest BCUT2D eigenvalue weighted by Crippen LogP contribution is -2.24. The summed E-state index contributed by atoms with van der Waals surface area (Å²) in [5.41, 5.74) is 7.27. The summed E-state index contributed by atoms with van der Waals surface area (Å²) < 4.78 is 2.75. The highest BCUT2D eigenvalue weighted by molar-refractivity contribution is 6.32. The molecule has 8 nitrogen and oxygen atoms in total. The number of halogens is 1. The minimum atomic E-state index is -0.636. The normalized spacial score (nSPS) is 13.0. The van der Waals surface area contributed by atoms with Crippen molar-refractivity contribution in [1.82, 2.24) is 19.7 Å². The number of carbonyl (C=O) groups is 2. The van der Waals surface area contributed by atoms with Crippen LogP contribution in [0.2, 0.25) is 5.02 Å². The number of rotatable bonds is 2. The third-order valence-corrected chi connectivity index (χ3v) is 4.41. The highest BCUT2D eigenvalue weighted by atomic mass is 35.5. The zero-order valence-corrected chi connectivity index (χ0v) is 14.2. The number of amides is 2. The van der Waals surface area contributed by atoms with Crippen molar-refractivity contribution in [3.63, 3.8) is 0 Å². The van der Waals surface area contributed by atoms with Crippen LogP contribution in [0.4, 0.5) is 5.82 Å². The summed E-state index contributed by atoms with van der Waals surface area (Å²) in [5, 5.41) is 6.76. The van der Waals surface area contributed by atoms with Crippen molar-refractivity contribution in [2.24, 2.45) is 0 Å². The summed E-state index contributed by atoms with van der Waals surface area (Å²) in [7, 11) is 0. The van der Waals surface area contributed by atoms with Crippen LogP contribution in [-0.4, -0.2) is 26.2 Å². The first-order valence-electron chi connectivity index (χ1n) is 7.60. The Labute approximate surface area is 151 Å². The Morgan fingerprint density at radius 1 is 1.12 bits per heavy atom. The lowest BCUT2D eigenvalue weighted by molar-refractivity contribution is 0.0880. The highest BCUT2D eigenvalue weighted by Crippen LogP contribution is 2.27. The average Bonchev–Trinajstić information content (AvgIpc) is 3.11. The predicted octanol–water partition coefficient (Wildman–Crippen LogP) is 1.45. The summed E-state index contributed by atoms with van der Waals surface area (Å²) in [6.45, 7) is 1.86. The monoisotopic (exact) mass is 369 g/mol. The number of carbonyl (C=O) groups excluding carboxylic acids is 2. The molecule has 1 aliphatic heterocycles. The van der Waals surface area contributed by atoms with Gasteiger partial charge in [-0.25, -0.2) is 4.68 Å². The number of imide groups is 1. The molecule has 2 amide bonds. The van der Waals surface area contributed by atoms with E-state index in [1.54, 1.807) is 29.1 Å². The van der Waals surface area contributed by atoms with Gasteiger partial charge in [-0.2, -0.15) is 5.10 Å². The number of pyridine rings is 1. The van der Waals surface area contributed by atoms with Crippen molar-refractivity contribution in [1.29, 1.82) is 0 Å². The predicted molar refractivity (Wildman–Crippen MR) is 95.1 cm³/mol. The molecule has 0 fully saturated rings. The first-order chi connectivity index (χ1) is 12.4. The van der Waals surface area contributed by atoms with Crippen molar-refractivity contribution in [2.75, 3.05) is 5.73 Å². The zero-order chi connectivity index (χ0) is 18.6. The molecule has 0 unspecified atom stereocenters. The summed E-state index contributed by atoms with van der Waals surface area (Å²) in [5.74, 6) is -1.39. The molecule has 0 bridgehead atoms. The maximum atomic E-state index is 12.5. The molecule has 26 heavy (non-hydrogen) atoms. The van der Waals surface area contributed by atoms with Crippen molar-refractivity contribution in [2.45, 2.75) is 6.92 Å². The summed E-state index contributed by atoms with van der Waals surface area (Å²) in [6, 6.07) is 7.80. The standard InChI is InChI=1S/C17H12ClN5O3/c1-8-4-5-22(21-8)12-3-2-9(6-11(12)18)23-13(24)7-10-14(15(23)19)17(26)20-16(10)25/h2-7H,19H2,1H3,(H,20,25,26). The first-order valence-corrected chi connectivity index (χ1v) is 7.98. The van der Waals surface area contributed by atoms with Crippen LogP contribution in [0.25, 0.3) is 11.4 Å². The maximum absolute atomic E-state index is 12.5. The molecule has 0 radical (unpaired) electrons. The van der Waals surface area contributed by atoms with Crippen LogP contribution in [0, 0.1) is 6.92 Å².